The third-order valence-corrected chi connectivity index (χ3v) is 5.12. The molecule has 1 aliphatic rings. The highest BCUT2D eigenvalue weighted by atomic mass is 32.2. The second kappa shape index (κ2) is 6.11. The Balaban J connectivity index is 2.21. The Hall–Kier alpha value is -1.47. The van der Waals surface area contributed by atoms with E-state index in [0.29, 0.717) is 12.0 Å². The molecule has 0 radical (unpaired) electrons. The first kappa shape index (κ1) is 15.9. The van der Waals surface area contributed by atoms with E-state index in [0.717, 1.165) is 12.0 Å². The van der Waals surface area contributed by atoms with Gasteiger partial charge in [-0.05, 0) is 43.0 Å². The number of carbonyl (C=O) groups excluding carboxylic acids is 1. The Morgan fingerprint density at radius 3 is 2.81 bits per heavy atom. The molecule has 5 nitrogen and oxygen atoms in total. The van der Waals surface area contributed by atoms with Gasteiger partial charge in [0.25, 0.3) is 0 Å². The lowest BCUT2D eigenvalue weighted by molar-refractivity contribution is -0.119. The predicted octanol–water partition coefficient (Wildman–Crippen LogP) is 1.11. The van der Waals surface area contributed by atoms with Gasteiger partial charge < -0.3 is 5.32 Å². The van der Waals surface area contributed by atoms with Gasteiger partial charge in [0.15, 0.2) is 0 Å². The lowest BCUT2D eigenvalue weighted by Gasteiger charge is -2.32. The normalized spacial score (nSPS) is 21.7. The van der Waals surface area contributed by atoms with E-state index in [-0.39, 0.29) is 17.8 Å². The molecule has 0 bridgehead atoms. The van der Waals surface area contributed by atoms with Crippen molar-refractivity contribution in [1.82, 2.24) is 10.0 Å². The van der Waals surface area contributed by atoms with Crippen molar-refractivity contribution in [3.63, 3.8) is 0 Å². The summed E-state index contributed by atoms with van der Waals surface area (Å²) in [6, 6.07) is 4.43. The fraction of sp³-hybridized carbons (Fsp3) is 0.500. The van der Waals surface area contributed by atoms with E-state index in [1.807, 2.05) is 6.92 Å². The zero-order valence-electron chi connectivity index (χ0n) is 12.0. The predicted molar refractivity (Wildman–Crippen MR) is 77.6 cm³/mol. The van der Waals surface area contributed by atoms with Gasteiger partial charge in [-0.15, -0.1) is 0 Å². The number of sulfonamides is 1. The molecular formula is C14H19FN2O3S. The van der Waals surface area contributed by atoms with Gasteiger partial charge in [-0.2, -0.15) is 0 Å². The van der Waals surface area contributed by atoms with Gasteiger partial charge in [0.05, 0.1) is 6.04 Å². The van der Waals surface area contributed by atoms with Crippen LogP contribution in [0.25, 0.3) is 0 Å². The van der Waals surface area contributed by atoms with Crippen molar-refractivity contribution in [2.75, 3.05) is 12.8 Å². The largest absolute Gasteiger partial charge is 0.348 e. The number of nitrogens with one attached hydrogen (secondary N) is 2. The van der Waals surface area contributed by atoms with E-state index in [9.17, 15) is 17.6 Å². The first-order valence-corrected chi connectivity index (χ1v) is 8.47. The second-order valence-corrected chi connectivity index (χ2v) is 7.26. The standard InChI is InChI=1S/C14H19FN2O3S/c1-9-6-7-10-11(4-3-5-12(10)15)14(9)17-13(18)8-21(19,20)16-2/h3-5,9,14,16H,6-8H2,1-2H3,(H,17,18)/t9-,14+/m0/s1. The van der Waals surface area contributed by atoms with Crippen molar-refractivity contribution in [1.29, 1.82) is 0 Å². The van der Waals surface area contributed by atoms with Crippen LogP contribution >= 0.6 is 0 Å². The highest BCUT2D eigenvalue weighted by Crippen LogP contribution is 2.35. The first-order valence-electron chi connectivity index (χ1n) is 6.82. The lowest BCUT2D eigenvalue weighted by atomic mass is 9.80. The number of hydrogen-bond acceptors (Lipinski definition) is 3. The smallest absolute Gasteiger partial charge is 0.237 e. The van der Waals surface area contributed by atoms with E-state index >= 15 is 0 Å². The van der Waals surface area contributed by atoms with Gasteiger partial charge in [-0.1, -0.05) is 19.1 Å². The number of fused-ring (bicyclic) bond motifs is 1. The maximum Gasteiger partial charge on any atom is 0.237 e. The third kappa shape index (κ3) is 3.59. The van der Waals surface area contributed by atoms with Crippen molar-refractivity contribution < 1.29 is 17.6 Å². The van der Waals surface area contributed by atoms with Crippen LogP contribution in [0.1, 0.15) is 30.5 Å². The quantitative estimate of drug-likeness (QED) is 0.874. The van der Waals surface area contributed by atoms with Gasteiger partial charge in [0, 0.05) is 0 Å². The minimum absolute atomic E-state index is 0.125. The molecule has 0 spiro atoms. The number of benzene rings is 1. The van der Waals surface area contributed by atoms with Gasteiger partial charge in [0.2, 0.25) is 15.9 Å². The molecular weight excluding hydrogens is 295 g/mol. The van der Waals surface area contributed by atoms with Gasteiger partial charge in [-0.3, -0.25) is 4.79 Å². The molecule has 116 valence electrons. The number of hydrogen-bond donors (Lipinski definition) is 2. The third-order valence-electron chi connectivity index (χ3n) is 3.86. The van der Waals surface area contributed by atoms with Gasteiger partial charge in [-0.25, -0.2) is 17.5 Å². The van der Waals surface area contributed by atoms with Crippen LogP contribution in [0, 0.1) is 11.7 Å². The van der Waals surface area contributed by atoms with Gasteiger partial charge >= 0.3 is 0 Å². The molecule has 0 unspecified atom stereocenters. The molecule has 21 heavy (non-hydrogen) atoms. The fourth-order valence-electron chi connectivity index (χ4n) is 2.66. The van der Waals surface area contributed by atoms with Crippen molar-refractivity contribution in [2.45, 2.75) is 25.8 Å². The topological polar surface area (TPSA) is 75.3 Å². The molecule has 1 amide bonds. The summed E-state index contributed by atoms with van der Waals surface area (Å²) in [5.41, 5.74) is 1.35. The molecule has 0 heterocycles. The minimum atomic E-state index is -3.61. The lowest BCUT2D eigenvalue weighted by Crippen LogP contribution is -2.40. The summed E-state index contributed by atoms with van der Waals surface area (Å²) in [5, 5.41) is 2.72. The van der Waals surface area contributed by atoms with E-state index in [1.165, 1.54) is 13.1 Å². The second-order valence-electron chi connectivity index (χ2n) is 5.33. The molecule has 0 aromatic heterocycles. The molecule has 1 aromatic rings. The summed E-state index contributed by atoms with van der Waals surface area (Å²) in [6.45, 7) is 1.96. The molecule has 0 saturated carbocycles. The Bertz CT molecular complexity index is 646. The van der Waals surface area contributed by atoms with Crippen LogP contribution in [0.5, 0.6) is 0 Å². The maximum absolute atomic E-state index is 13.8. The number of carbonyl (C=O) groups is 1. The average Bonchev–Trinajstić information content (AvgIpc) is 2.42. The van der Waals surface area contributed by atoms with E-state index in [4.69, 9.17) is 0 Å². The molecule has 1 aromatic carbocycles. The van der Waals surface area contributed by atoms with Crippen LogP contribution in [0.15, 0.2) is 18.2 Å². The molecule has 0 saturated heterocycles. The van der Waals surface area contributed by atoms with Crippen LogP contribution in [0.2, 0.25) is 0 Å². The van der Waals surface area contributed by atoms with Crippen molar-refractivity contribution in [3.05, 3.63) is 35.1 Å². The maximum atomic E-state index is 13.8. The number of rotatable bonds is 4. The summed E-state index contributed by atoms with van der Waals surface area (Å²) >= 11 is 0. The molecule has 0 aliphatic heterocycles. The Kier molecular flexibility index (Phi) is 4.63. The Morgan fingerprint density at radius 2 is 2.14 bits per heavy atom. The number of halogens is 1. The van der Waals surface area contributed by atoms with Crippen molar-refractivity contribution >= 4 is 15.9 Å². The van der Waals surface area contributed by atoms with Crippen LogP contribution in [0.3, 0.4) is 0 Å². The van der Waals surface area contributed by atoms with Crippen LogP contribution in [-0.4, -0.2) is 27.1 Å². The molecule has 2 N–H and O–H groups in total. The summed E-state index contributed by atoms with van der Waals surface area (Å²) in [7, 11) is -2.35. The zero-order chi connectivity index (χ0) is 15.6. The molecule has 2 atom stereocenters. The molecule has 0 fully saturated rings. The zero-order valence-corrected chi connectivity index (χ0v) is 12.8. The van der Waals surface area contributed by atoms with E-state index in [2.05, 4.69) is 10.0 Å². The van der Waals surface area contributed by atoms with E-state index in [1.54, 1.807) is 12.1 Å². The monoisotopic (exact) mass is 314 g/mol. The summed E-state index contributed by atoms with van der Waals surface area (Å²) in [5.74, 6) is -1.36. The average molecular weight is 314 g/mol. The molecule has 2 rings (SSSR count). The van der Waals surface area contributed by atoms with Crippen molar-refractivity contribution in [2.24, 2.45) is 5.92 Å². The van der Waals surface area contributed by atoms with Crippen LogP contribution in [0.4, 0.5) is 4.39 Å². The van der Waals surface area contributed by atoms with Crippen molar-refractivity contribution in [3.8, 4) is 0 Å². The molecule has 7 heteroatoms. The summed E-state index contributed by atoms with van der Waals surface area (Å²) in [4.78, 5) is 11.9. The van der Waals surface area contributed by atoms with Crippen LogP contribution < -0.4 is 10.0 Å². The Morgan fingerprint density at radius 1 is 1.43 bits per heavy atom. The summed E-state index contributed by atoms with van der Waals surface area (Å²) in [6.07, 6.45) is 1.38. The van der Waals surface area contributed by atoms with Crippen LogP contribution in [-0.2, 0) is 21.2 Å². The van der Waals surface area contributed by atoms with E-state index < -0.39 is 21.7 Å². The molecule has 1 aliphatic carbocycles. The highest BCUT2D eigenvalue weighted by molar-refractivity contribution is 7.90. The fourth-order valence-corrected chi connectivity index (χ4v) is 3.23. The summed E-state index contributed by atoms with van der Waals surface area (Å²) < 4.78 is 38.7. The minimum Gasteiger partial charge on any atom is -0.348 e. The SMILES string of the molecule is CNS(=O)(=O)CC(=O)N[C@H]1c2cccc(F)c2CC[C@@H]1C. The number of amides is 1. The highest BCUT2D eigenvalue weighted by Gasteiger charge is 2.30. The first-order chi connectivity index (χ1) is 9.84. The Labute approximate surface area is 124 Å². The van der Waals surface area contributed by atoms with Gasteiger partial charge in [0.1, 0.15) is 11.6 Å².